The van der Waals surface area contributed by atoms with Gasteiger partial charge in [0.05, 0.1) is 6.54 Å². The van der Waals surface area contributed by atoms with Crippen molar-refractivity contribution >= 4 is 33.4 Å². The summed E-state index contributed by atoms with van der Waals surface area (Å²) in [4.78, 5) is 23.8. The largest absolute Gasteiger partial charge is 0.481 e. The molecule has 138 valence electrons. The zero-order valence-electron chi connectivity index (χ0n) is 14.8. The fraction of sp³-hybridized carbons (Fsp3) is 0.263. The molecule has 0 aliphatic rings. The van der Waals surface area contributed by atoms with Crippen molar-refractivity contribution in [2.75, 3.05) is 18.5 Å². The summed E-state index contributed by atoms with van der Waals surface area (Å²) in [5.41, 5.74) is 3.76. The molecule has 0 aliphatic carbocycles. The highest BCUT2D eigenvalue weighted by atomic mass is 79.9. The number of hydrogen-bond donors (Lipinski definition) is 2. The van der Waals surface area contributed by atoms with Crippen LogP contribution in [0.2, 0.25) is 0 Å². The number of hydrogen-bond acceptors (Lipinski definition) is 3. The molecule has 2 aromatic rings. The van der Waals surface area contributed by atoms with Crippen molar-refractivity contribution in [2.45, 2.75) is 20.8 Å². The van der Waals surface area contributed by atoms with Crippen molar-refractivity contribution in [2.24, 2.45) is 0 Å². The summed E-state index contributed by atoms with van der Waals surface area (Å²) in [6.07, 6.45) is 0. The van der Waals surface area contributed by atoms with Gasteiger partial charge in [0, 0.05) is 10.2 Å². The van der Waals surface area contributed by atoms with E-state index >= 15 is 0 Å². The van der Waals surface area contributed by atoms with Gasteiger partial charge in [0.25, 0.3) is 5.91 Å². The van der Waals surface area contributed by atoms with Crippen LogP contribution >= 0.6 is 15.9 Å². The van der Waals surface area contributed by atoms with Crippen LogP contribution in [0.5, 0.6) is 5.75 Å². The summed E-state index contributed by atoms with van der Waals surface area (Å²) in [6.45, 7) is 5.23. The smallest absolute Gasteiger partial charge is 0.258 e. The molecule has 2 N–H and O–H groups in total. The van der Waals surface area contributed by atoms with Crippen molar-refractivity contribution < 1.29 is 18.7 Å². The van der Waals surface area contributed by atoms with E-state index in [-0.39, 0.29) is 24.8 Å². The second-order valence-electron chi connectivity index (χ2n) is 5.96. The Bertz CT molecular complexity index is 817. The van der Waals surface area contributed by atoms with Gasteiger partial charge in [-0.3, -0.25) is 9.59 Å². The summed E-state index contributed by atoms with van der Waals surface area (Å²) in [5.74, 6) is -1.46. The number of amides is 2. The second kappa shape index (κ2) is 8.80. The number of benzene rings is 2. The van der Waals surface area contributed by atoms with Crippen LogP contribution in [0, 0.1) is 26.6 Å². The van der Waals surface area contributed by atoms with Crippen molar-refractivity contribution in [3.8, 4) is 5.75 Å². The summed E-state index contributed by atoms with van der Waals surface area (Å²) in [7, 11) is 0. The minimum atomic E-state index is -0.574. The first-order valence-corrected chi connectivity index (χ1v) is 8.78. The van der Waals surface area contributed by atoms with Gasteiger partial charge in [-0.05, 0) is 50.1 Å². The molecule has 2 aromatic carbocycles. The highest BCUT2D eigenvalue weighted by molar-refractivity contribution is 9.10. The lowest BCUT2D eigenvalue weighted by Crippen LogP contribution is -2.36. The fourth-order valence-corrected chi connectivity index (χ4v) is 2.86. The average Bonchev–Trinajstić information content (AvgIpc) is 2.55. The van der Waals surface area contributed by atoms with Crippen LogP contribution in [0.15, 0.2) is 34.8 Å². The Morgan fingerprint density at radius 1 is 1.08 bits per heavy atom. The van der Waals surface area contributed by atoms with E-state index in [1.807, 2.05) is 32.9 Å². The van der Waals surface area contributed by atoms with Crippen LogP contribution < -0.4 is 15.4 Å². The van der Waals surface area contributed by atoms with E-state index in [1.165, 1.54) is 12.1 Å². The van der Waals surface area contributed by atoms with Crippen molar-refractivity contribution in [1.29, 1.82) is 0 Å². The molecule has 0 spiro atoms. The predicted molar refractivity (Wildman–Crippen MR) is 102 cm³/mol. The average molecular weight is 423 g/mol. The van der Waals surface area contributed by atoms with Gasteiger partial charge in [0.1, 0.15) is 0 Å². The first-order valence-electron chi connectivity index (χ1n) is 7.98. The summed E-state index contributed by atoms with van der Waals surface area (Å²) in [6, 6.07) is 8.22. The molecule has 0 radical (unpaired) electrons. The quantitative estimate of drug-likeness (QED) is 0.746. The molecule has 0 aliphatic heterocycles. The molecule has 2 amide bonds. The molecule has 26 heavy (non-hydrogen) atoms. The van der Waals surface area contributed by atoms with Crippen LogP contribution in [-0.4, -0.2) is 25.0 Å². The van der Waals surface area contributed by atoms with Gasteiger partial charge in [-0.25, -0.2) is 4.39 Å². The normalized spacial score (nSPS) is 10.3. The van der Waals surface area contributed by atoms with Gasteiger partial charge in [0.15, 0.2) is 18.2 Å². The first kappa shape index (κ1) is 19.9. The first-order chi connectivity index (χ1) is 12.3. The molecule has 0 bridgehead atoms. The van der Waals surface area contributed by atoms with Crippen LogP contribution in [0.1, 0.15) is 16.7 Å². The number of ether oxygens (including phenoxy) is 1. The lowest BCUT2D eigenvalue weighted by Gasteiger charge is -2.13. The monoisotopic (exact) mass is 422 g/mol. The fourth-order valence-electron chi connectivity index (χ4n) is 2.53. The molecular weight excluding hydrogens is 403 g/mol. The van der Waals surface area contributed by atoms with Gasteiger partial charge in [-0.2, -0.15) is 0 Å². The number of carbonyl (C=O) groups is 2. The molecule has 0 aromatic heterocycles. The van der Waals surface area contributed by atoms with Gasteiger partial charge >= 0.3 is 0 Å². The predicted octanol–water partition coefficient (Wildman–Crippen LogP) is 3.65. The minimum Gasteiger partial charge on any atom is -0.481 e. The zero-order chi connectivity index (χ0) is 19.3. The van der Waals surface area contributed by atoms with Gasteiger partial charge in [-0.15, -0.1) is 0 Å². The van der Waals surface area contributed by atoms with E-state index in [9.17, 15) is 14.0 Å². The highest BCUT2D eigenvalue weighted by Crippen LogP contribution is 2.22. The van der Waals surface area contributed by atoms with Crippen LogP contribution in [-0.2, 0) is 9.59 Å². The molecule has 0 saturated carbocycles. The molecule has 0 fully saturated rings. The Balaban J connectivity index is 1.83. The second-order valence-corrected chi connectivity index (χ2v) is 6.88. The van der Waals surface area contributed by atoms with Gasteiger partial charge in [0.2, 0.25) is 5.91 Å². The van der Waals surface area contributed by atoms with E-state index in [4.69, 9.17) is 4.74 Å². The Morgan fingerprint density at radius 2 is 1.73 bits per heavy atom. The number of anilines is 1. The maximum absolute atomic E-state index is 13.6. The van der Waals surface area contributed by atoms with E-state index in [1.54, 1.807) is 6.07 Å². The van der Waals surface area contributed by atoms with Gasteiger partial charge in [-0.1, -0.05) is 33.6 Å². The minimum absolute atomic E-state index is 0.0290. The van der Waals surface area contributed by atoms with E-state index in [0.29, 0.717) is 4.47 Å². The molecule has 0 atom stereocenters. The third-order valence-electron chi connectivity index (χ3n) is 3.64. The number of halogens is 2. The number of nitrogens with one attached hydrogen (secondary N) is 2. The lowest BCUT2D eigenvalue weighted by atomic mass is 10.1. The highest BCUT2D eigenvalue weighted by Gasteiger charge is 2.11. The topological polar surface area (TPSA) is 67.4 Å². The maximum atomic E-state index is 13.6. The van der Waals surface area contributed by atoms with E-state index in [0.717, 1.165) is 22.4 Å². The zero-order valence-corrected chi connectivity index (χ0v) is 16.4. The molecule has 7 heteroatoms. The molecule has 5 nitrogen and oxygen atoms in total. The Morgan fingerprint density at radius 3 is 2.35 bits per heavy atom. The Labute approximate surface area is 160 Å². The van der Waals surface area contributed by atoms with E-state index < -0.39 is 11.7 Å². The Hall–Kier alpha value is -2.41. The molecule has 0 unspecified atom stereocenters. The standard InChI is InChI=1S/C19H20BrFN2O3/c1-11-6-12(2)19(13(3)7-11)23-17(24)9-22-18(25)10-26-16-5-4-14(20)8-15(16)21/h4-8H,9-10H2,1-3H3,(H,22,25)(H,23,24). The van der Waals surface area contributed by atoms with Gasteiger partial charge < -0.3 is 15.4 Å². The van der Waals surface area contributed by atoms with Crippen molar-refractivity contribution in [1.82, 2.24) is 5.32 Å². The Kier molecular flexibility index (Phi) is 6.74. The SMILES string of the molecule is Cc1cc(C)c(NC(=O)CNC(=O)COc2ccc(Br)cc2F)c(C)c1. The summed E-state index contributed by atoms with van der Waals surface area (Å²) < 4.78 is 19.3. The molecular formula is C19H20BrFN2O3. The lowest BCUT2D eigenvalue weighted by molar-refractivity contribution is -0.125. The van der Waals surface area contributed by atoms with Crippen molar-refractivity contribution in [3.05, 3.63) is 57.3 Å². The molecule has 0 saturated heterocycles. The number of carbonyl (C=O) groups excluding carboxylic acids is 2. The van der Waals surface area contributed by atoms with Crippen LogP contribution in [0.25, 0.3) is 0 Å². The van der Waals surface area contributed by atoms with Crippen LogP contribution in [0.4, 0.5) is 10.1 Å². The van der Waals surface area contributed by atoms with Crippen molar-refractivity contribution in [3.63, 3.8) is 0 Å². The third-order valence-corrected chi connectivity index (χ3v) is 4.13. The van der Waals surface area contributed by atoms with E-state index in [2.05, 4.69) is 26.6 Å². The summed E-state index contributed by atoms with van der Waals surface area (Å²) in [5, 5.41) is 5.24. The maximum Gasteiger partial charge on any atom is 0.258 e. The number of rotatable bonds is 6. The molecule has 2 rings (SSSR count). The number of aryl methyl sites for hydroxylation is 3. The third kappa shape index (κ3) is 5.56. The molecule has 0 heterocycles. The summed E-state index contributed by atoms with van der Waals surface area (Å²) >= 11 is 3.14. The van der Waals surface area contributed by atoms with Crippen LogP contribution in [0.3, 0.4) is 0 Å².